The second kappa shape index (κ2) is 10.1. The van der Waals surface area contributed by atoms with Gasteiger partial charge in [-0.25, -0.2) is 4.79 Å². The Morgan fingerprint density at radius 1 is 1.00 bits per heavy atom. The quantitative estimate of drug-likeness (QED) is 0.578. The van der Waals surface area contributed by atoms with Gasteiger partial charge >= 0.3 is 22.8 Å². The molecule has 9 nitrogen and oxygen atoms in total. The van der Waals surface area contributed by atoms with Gasteiger partial charge < -0.3 is 22.4 Å². The van der Waals surface area contributed by atoms with Crippen LogP contribution in [0.2, 0.25) is 22.2 Å². The molecule has 2 aliphatic heterocycles. The van der Waals surface area contributed by atoms with Crippen LogP contribution in [0.1, 0.15) is 67.2 Å². The number of ether oxygens (including phenoxy) is 2. The van der Waals surface area contributed by atoms with Gasteiger partial charge in [0.15, 0.2) is 6.23 Å². The molecule has 2 saturated heterocycles. The van der Waals surface area contributed by atoms with E-state index < -0.39 is 52.9 Å². The lowest BCUT2D eigenvalue weighted by Gasteiger charge is -2.51. The van der Waals surface area contributed by atoms with Crippen LogP contribution < -0.4 is 11.2 Å². The van der Waals surface area contributed by atoms with Gasteiger partial charge in [0.2, 0.25) is 0 Å². The number of methoxy groups -OCH3 is 1. The van der Waals surface area contributed by atoms with Gasteiger partial charge in [-0.3, -0.25) is 14.3 Å². The molecule has 0 spiro atoms. The minimum atomic E-state index is -2.86. The van der Waals surface area contributed by atoms with E-state index in [1.807, 2.05) is 0 Å². The third-order valence-electron chi connectivity index (χ3n) is 7.31. The maximum atomic E-state index is 12.7. The predicted octanol–water partition coefficient (Wildman–Crippen LogP) is 3.71. The Kier molecular flexibility index (Phi) is 8.18. The van der Waals surface area contributed by atoms with Crippen molar-refractivity contribution < 1.29 is 22.4 Å². The van der Waals surface area contributed by atoms with Crippen molar-refractivity contribution in [2.24, 2.45) is 0 Å². The van der Waals surface area contributed by atoms with Gasteiger partial charge in [0.1, 0.15) is 18.3 Å². The second-order valence-corrected chi connectivity index (χ2v) is 19.6. The number of hydrogen-bond donors (Lipinski definition) is 1. The Bertz CT molecular complexity index is 959. The molecule has 2 fully saturated rings. The van der Waals surface area contributed by atoms with E-state index in [2.05, 4.69) is 60.4 Å². The molecular weight excluding hydrogens is 472 g/mol. The number of nitrogens with zero attached hydrogens (tertiary/aromatic N) is 1. The molecule has 0 aromatic carbocycles. The van der Waals surface area contributed by atoms with Gasteiger partial charge in [-0.1, -0.05) is 55.4 Å². The zero-order valence-corrected chi connectivity index (χ0v) is 24.2. The van der Waals surface area contributed by atoms with Crippen LogP contribution in [-0.2, 0) is 22.4 Å². The summed E-state index contributed by atoms with van der Waals surface area (Å²) in [5.74, 6) is 0. The van der Waals surface area contributed by atoms with E-state index in [1.165, 1.54) is 10.8 Å². The van der Waals surface area contributed by atoms with E-state index in [-0.39, 0.29) is 22.2 Å². The standard InChI is InChI=1S/C23H42N2O7Si2/c1-13(2)33(14(3)4)29-12-18-19(31-34(32-33,15(5)6)16(7)8)20(28-10)22(30-18)25-11-17(9)21(26)24-23(25)27/h11,13-16,18-20,22H,12H2,1-10H3,(H,24,26,27)/t18-,19-,20-,22+/m1/s1. The highest BCUT2D eigenvalue weighted by Gasteiger charge is 2.62. The first kappa shape index (κ1) is 27.5. The summed E-state index contributed by atoms with van der Waals surface area (Å²) in [4.78, 5) is 27.0. The summed E-state index contributed by atoms with van der Waals surface area (Å²) in [6.45, 7) is 19.3. The highest BCUT2D eigenvalue weighted by Crippen LogP contribution is 2.48. The summed E-state index contributed by atoms with van der Waals surface area (Å²) in [6, 6.07) is 0. The first-order valence-corrected chi connectivity index (χ1v) is 16.3. The maximum Gasteiger partial charge on any atom is 0.335 e. The molecule has 1 aromatic heterocycles. The van der Waals surface area contributed by atoms with Crippen molar-refractivity contribution in [2.45, 2.75) is 109 Å². The Morgan fingerprint density at radius 3 is 2.06 bits per heavy atom. The molecule has 0 saturated carbocycles. The molecule has 1 aromatic rings. The number of nitrogens with one attached hydrogen (secondary N) is 1. The molecule has 11 heteroatoms. The largest absolute Gasteiger partial charge is 0.414 e. The van der Waals surface area contributed by atoms with E-state index in [4.69, 9.17) is 22.4 Å². The Hall–Kier alpha value is -1.09. The third kappa shape index (κ3) is 4.56. The lowest BCUT2D eigenvalue weighted by atomic mass is 10.1. The molecule has 0 radical (unpaired) electrons. The van der Waals surface area contributed by atoms with E-state index in [0.29, 0.717) is 12.2 Å². The topological polar surface area (TPSA) is 101 Å². The first-order chi connectivity index (χ1) is 15.8. The van der Waals surface area contributed by atoms with E-state index >= 15 is 0 Å². The van der Waals surface area contributed by atoms with Crippen molar-refractivity contribution >= 4 is 17.1 Å². The minimum absolute atomic E-state index is 0.161. The van der Waals surface area contributed by atoms with Crippen LogP contribution >= 0.6 is 0 Å². The monoisotopic (exact) mass is 514 g/mol. The van der Waals surface area contributed by atoms with Gasteiger partial charge in [-0.05, 0) is 29.1 Å². The molecule has 0 amide bonds. The van der Waals surface area contributed by atoms with Crippen LogP contribution in [0.3, 0.4) is 0 Å². The molecule has 34 heavy (non-hydrogen) atoms. The van der Waals surface area contributed by atoms with Crippen LogP contribution in [0.4, 0.5) is 0 Å². The SMILES string of the molecule is CO[C@@H]1[C@@H]2O[Si](C(C)C)(C(C)C)O[Si](C(C)C)(C(C)C)OC[C@H]2O[C@@H]1n1cc(C)c(=O)[nH]c1=O. The van der Waals surface area contributed by atoms with E-state index in [1.54, 1.807) is 14.0 Å². The average molecular weight is 515 g/mol. The molecule has 4 atom stereocenters. The lowest BCUT2D eigenvalue weighted by molar-refractivity contribution is -0.0640. The molecule has 0 bridgehead atoms. The zero-order valence-electron chi connectivity index (χ0n) is 22.2. The summed E-state index contributed by atoms with van der Waals surface area (Å²) in [7, 11) is -3.97. The van der Waals surface area contributed by atoms with Crippen molar-refractivity contribution in [1.29, 1.82) is 0 Å². The van der Waals surface area contributed by atoms with Crippen LogP contribution in [0, 0.1) is 6.92 Å². The molecule has 194 valence electrons. The molecule has 3 heterocycles. The summed E-state index contributed by atoms with van der Waals surface area (Å²) >= 11 is 0. The molecule has 1 N–H and O–H groups in total. The first-order valence-electron chi connectivity index (χ1n) is 12.3. The van der Waals surface area contributed by atoms with Gasteiger partial charge in [0.05, 0.1) is 6.61 Å². The van der Waals surface area contributed by atoms with Crippen LogP contribution in [0.15, 0.2) is 15.8 Å². The van der Waals surface area contributed by atoms with Crippen LogP contribution in [0.25, 0.3) is 0 Å². The van der Waals surface area contributed by atoms with Gasteiger partial charge in [0.25, 0.3) is 5.56 Å². The fourth-order valence-electron chi connectivity index (χ4n) is 5.37. The predicted molar refractivity (Wildman–Crippen MR) is 135 cm³/mol. The second-order valence-electron chi connectivity index (χ2n) is 10.8. The van der Waals surface area contributed by atoms with Gasteiger partial charge in [-0.15, -0.1) is 0 Å². The number of aromatic amines is 1. The Labute approximate surface area is 204 Å². The normalized spacial score (nSPS) is 29.0. The Balaban J connectivity index is 2.13. The number of fused-ring (bicyclic) bond motifs is 1. The van der Waals surface area contributed by atoms with Crippen molar-refractivity contribution in [3.05, 3.63) is 32.6 Å². The van der Waals surface area contributed by atoms with Crippen molar-refractivity contribution in [1.82, 2.24) is 9.55 Å². The van der Waals surface area contributed by atoms with E-state index in [0.717, 1.165) is 0 Å². The minimum Gasteiger partial charge on any atom is -0.414 e. The van der Waals surface area contributed by atoms with Crippen molar-refractivity contribution in [3.63, 3.8) is 0 Å². The molecular formula is C23H42N2O7Si2. The van der Waals surface area contributed by atoms with E-state index in [9.17, 15) is 9.59 Å². The third-order valence-corrected chi connectivity index (χ3v) is 17.6. The smallest absolute Gasteiger partial charge is 0.335 e. The van der Waals surface area contributed by atoms with Gasteiger partial charge in [0, 0.05) is 18.9 Å². The zero-order chi connectivity index (χ0) is 25.6. The fourth-order valence-corrected chi connectivity index (χ4v) is 16.6. The fraction of sp³-hybridized carbons (Fsp3) is 0.826. The number of H-pyrrole nitrogens is 1. The number of aryl methyl sites for hydroxylation is 1. The molecule has 2 aliphatic rings. The average Bonchev–Trinajstić information content (AvgIpc) is 3.06. The molecule has 3 rings (SSSR count). The van der Waals surface area contributed by atoms with Crippen LogP contribution in [0.5, 0.6) is 0 Å². The summed E-state index contributed by atoms with van der Waals surface area (Å²) in [5, 5.41) is 0. The highest BCUT2D eigenvalue weighted by atomic mass is 28.5. The van der Waals surface area contributed by atoms with Crippen molar-refractivity contribution in [3.8, 4) is 0 Å². The maximum absolute atomic E-state index is 12.7. The number of aromatic nitrogens is 2. The van der Waals surface area contributed by atoms with Crippen LogP contribution in [-0.4, -0.2) is 58.7 Å². The summed E-state index contributed by atoms with van der Waals surface area (Å²) in [5.41, 5.74) is 0.222. The summed E-state index contributed by atoms with van der Waals surface area (Å²) < 4.78 is 34.8. The summed E-state index contributed by atoms with van der Waals surface area (Å²) in [6.07, 6.45) is -0.726. The molecule has 0 aliphatic carbocycles. The molecule has 0 unspecified atom stereocenters. The lowest BCUT2D eigenvalue weighted by Crippen LogP contribution is -2.65. The Morgan fingerprint density at radius 2 is 1.56 bits per heavy atom. The van der Waals surface area contributed by atoms with Crippen molar-refractivity contribution in [2.75, 3.05) is 13.7 Å². The number of rotatable bonds is 6. The number of hydrogen-bond acceptors (Lipinski definition) is 7. The highest BCUT2D eigenvalue weighted by molar-refractivity contribution is 6.83. The van der Waals surface area contributed by atoms with Gasteiger partial charge in [-0.2, -0.15) is 0 Å².